The second-order valence-electron chi connectivity index (χ2n) is 6.45. The average molecular weight is 340 g/mol. The predicted molar refractivity (Wildman–Crippen MR) is 94.2 cm³/mol. The molecule has 0 bridgehead atoms. The number of pyridine rings is 1. The summed E-state index contributed by atoms with van der Waals surface area (Å²) in [5.41, 5.74) is 0.125. The molecule has 0 aromatic carbocycles. The molecule has 3 rings (SSSR count). The van der Waals surface area contributed by atoms with Crippen LogP contribution in [-0.4, -0.2) is 40.3 Å². The minimum atomic E-state index is -1.27. The molecule has 2 aromatic rings. The summed E-state index contributed by atoms with van der Waals surface area (Å²) < 4.78 is 15.1. The zero-order valence-electron chi connectivity index (χ0n) is 14.5. The molecule has 2 aromatic heterocycles. The van der Waals surface area contributed by atoms with Crippen LogP contribution in [0.25, 0.3) is 0 Å². The molecule has 0 atom stereocenters. The topological polar surface area (TPSA) is 77.7 Å². The van der Waals surface area contributed by atoms with E-state index in [1.807, 2.05) is 26.0 Å². The first-order valence-electron chi connectivity index (χ1n) is 8.34. The van der Waals surface area contributed by atoms with Crippen molar-refractivity contribution in [2.24, 2.45) is 0 Å². The van der Waals surface area contributed by atoms with Crippen molar-refractivity contribution in [3.05, 3.63) is 41.5 Å². The van der Waals surface area contributed by atoms with Crippen LogP contribution in [0.1, 0.15) is 29.9 Å². The largest absolute Gasteiger partial charge is 0.367 e. The third-order valence-electron chi connectivity index (χ3n) is 4.41. The van der Waals surface area contributed by atoms with Gasteiger partial charge in [-0.2, -0.15) is 5.26 Å². The summed E-state index contributed by atoms with van der Waals surface area (Å²) >= 11 is 0. The quantitative estimate of drug-likeness (QED) is 0.922. The highest BCUT2D eigenvalue weighted by atomic mass is 19.1. The van der Waals surface area contributed by atoms with Gasteiger partial charge in [0, 0.05) is 43.9 Å². The van der Waals surface area contributed by atoms with Crippen LogP contribution < -0.4 is 10.2 Å². The van der Waals surface area contributed by atoms with Crippen LogP contribution in [0, 0.1) is 25.2 Å². The van der Waals surface area contributed by atoms with Crippen molar-refractivity contribution in [3.8, 4) is 6.07 Å². The molecule has 0 spiro atoms. The first kappa shape index (κ1) is 17.1. The summed E-state index contributed by atoms with van der Waals surface area (Å²) in [6, 6.07) is 7.43. The summed E-state index contributed by atoms with van der Waals surface area (Å²) in [7, 11) is 0. The fourth-order valence-electron chi connectivity index (χ4n) is 3.01. The normalized spacial score (nSPS) is 16.3. The highest BCUT2D eigenvalue weighted by Crippen LogP contribution is 2.29. The molecule has 0 aliphatic carbocycles. The Morgan fingerprint density at radius 1 is 1.28 bits per heavy atom. The Morgan fingerprint density at radius 3 is 2.64 bits per heavy atom. The van der Waals surface area contributed by atoms with E-state index in [0.717, 1.165) is 11.5 Å². The van der Waals surface area contributed by atoms with Crippen LogP contribution in [-0.2, 0) is 0 Å². The second-order valence-corrected chi connectivity index (χ2v) is 6.45. The number of aromatic nitrogens is 3. The molecule has 130 valence electrons. The molecule has 0 amide bonds. The number of alkyl halides is 1. The van der Waals surface area contributed by atoms with Crippen LogP contribution in [0.4, 0.5) is 16.0 Å². The fourth-order valence-corrected chi connectivity index (χ4v) is 3.01. The predicted octanol–water partition coefficient (Wildman–Crippen LogP) is 2.78. The molecule has 1 aliphatic rings. The van der Waals surface area contributed by atoms with Crippen LogP contribution >= 0.6 is 0 Å². The van der Waals surface area contributed by atoms with Crippen LogP contribution in [0.2, 0.25) is 0 Å². The van der Waals surface area contributed by atoms with E-state index in [2.05, 4.69) is 31.2 Å². The smallest absolute Gasteiger partial charge is 0.131 e. The van der Waals surface area contributed by atoms with Gasteiger partial charge in [0.15, 0.2) is 0 Å². The zero-order chi connectivity index (χ0) is 17.9. The van der Waals surface area contributed by atoms with Gasteiger partial charge in [-0.25, -0.2) is 19.3 Å². The lowest BCUT2D eigenvalue weighted by atomic mass is 9.93. The molecule has 0 unspecified atom stereocenters. The van der Waals surface area contributed by atoms with Gasteiger partial charge >= 0.3 is 0 Å². The number of piperidine rings is 1. The SMILES string of the molecule is Cc1cc(NCC2(F)CCN(c3ccc(C#N)cn3)CC2)nc(C)n1. The third-order valence-corrected chi connectivity index (χ3v) is 4.41. The number of anilines is 2. The zero-order valence-corrected chi connectivity index (χ0v) is 14.5. The Kier molecular flexibility index (Phi) is 4.79. The van der Waals surface area contributed by atoms with E-state index < -0.39 is 5.67 Å². The number of nitriles is 1. The monoisotopic (exact) mass is 340 g/mol. The van der Waals surface area contributed by atoms with Crippen LogP contribution in [0.3, 0.4) is 0 Å². The first-order valence-corrected chi connectivity index (χ1v) is 8.34. The molecule has 1 aliphatic heterocycles. The fraction of sp³-hybridized carbons (Fsp3) is 0.444. The van der Waals surface area contributed by atoms with E-state index >= 15 is 4.39 Å². The Labute approximate surface area is 146 Å². The molecule has 1 fully saturated rings. The van der Waals surface area contributed by atoms with E-state index in [0.29, 0.717) is 43.1 Å². The van der Waals surface area contributed by atoms with Crippen molar-refractivity contribution < 1.29 is 4.39 Å². The molecule has 3 heterocycles. The number of aryl methyl sites for hydroxylation is 2. The van der Waals surface area contributed by atoms with Crippen molar-refractivity contribution in [1.29, 1.82) is 5.26 Å². The molecule has 7 heteroatoms. The number of hydrogen-bond donors (Lipinski definition) is 1. The number of hydrogen-bond acceptors (Lipinski definition) is 6. The second kappa shape index (κ2) is 7.01. The minimum Gasteiger partial charge on any atom is -0.367 e. The lowest BCUT2D eigenvalue weighted by molar-refractivity contribution is 0.140. The first-order chi connectivity index (χ1) is 12.0. The van der Waals surface area contributed by atoms with Gasteiger partial charge in [0.2, 0.25) is 0 Å². The number of nitrogens with one attached hydrogen (secondary N) is 1. The average Bonchev–Trinajstić information content (AvgIpc) is 2.60. The molecule has 0 saturated carbocycles. The molecular formula is C18H21FN6. The molecule has 1 saturated heterocycles. The van der Waals surface area contributed by atoms with E-state index in [-0.39, 0.29) is 6.54 Å². The molecular weight excluding hydrogens is 319 g/mol. The van der Waals surface area contributed by atoms with Gasteiger partial charge < -0.3 is 10.2 Å². The minimum absolute atomic E-state index is 0.234. The van der Waals surface area contributed by atoms with Crippen LogP contribution in [0.15, 0.2) is 24.4 Å². The van der Waals surface area contributed by atoms with Gasteiger partial charge in [0.1, 0.15) is 29.2 Å². The van der Waals surface area contributed by atoms with Crippen molar-refractivity contribution >= 4 is 11.6 Å². The van der Waals surface area contributed by atoms with Gasteiger partial charge in [0.25, 0.3) is 0 Å². The summed E-state index contributed by atoms with van der Waals surface area (Å²) in [6.45, 7) is 5.15. The van der Waals surface area contributed by atoms with Gasteiger partial charge in [-0.15, -0.1) is 0 Å². The van der Waals surface area contributed by atoms with Crippen molar-refractivity contribution in [3.63, 3.8) is 0 Å². The molecule has 1 N–H and O–H groups in total. The van der Waals surface area contributed by atoms with Crippen LogP contribution in [0.5, 0.6) is 0 Å². The van der Waals surface area contributed by atoms with Crippen molar-refractivity contribution in [2.75, 3.05) is 29.9 Å². The van der Waals surface area contributed by atoms with E-state index in [1.54, 1.807) is 12.3 Å². The number of rotatable bonds is 4. The Bertz CT molecular complexity index is 755. The maximum atomic E-state index is 15.1. The number of halogens is 1. The van der Waals surface area contributed by atoms with Gasteiger partial charge in [-0.3, -0.25) is 0 Å². The lowest BCUT2D eigenvalue weighted by Crippen LogP contribution is -2.45. The molecule has 25 heavy (non-hydrogen) atoms. The van der Waals surface area contributed by atoms with Gasteiger partial charge in [0.05, 0.1) is 12.1 Å². The van der Waals surface area contributed by atoms with E-state index in [9.17, 15) is 0 Å². The maximum Gasteiger partial charge on any atom is 0.131 e. The van der Waals surface area contributed by atoms with Gasteiger partial charge in [-0.05, 0) is 26.0 Å². The van der Waals surface area contributed by atoms with E-state index in [1.165, 1.54) is 0 Å². The maximum absolute atomic E-state index is 15.1. The van der Waals surface area contributed by atoms with E-state index in [4.69, 9.17) is 5.26 Å². The molecule has 0 radical (unpaired) electrons. The highest BCUT2D eigenvalue weighted by molar-refractivity contribution is 5.43. The summed E-state index contributed by atoms with van der Waals surface area (Å²) in [5.74, 6) is 2.13. The van der Waals surface area contributed by atoms with Crippen molar-refractivity contribution in [1.82, 2.24) is 15.0 Å². The Morgan fingerprint density at radius 2 is 2.04 bits per heavy atom. The Hall–Kier alpha value is -2.75. The standard InChI is InChI=1S/C18H21FN6/c1-13-9-16(24-14(2)23-13)22-12-18(19)5-7-25(8-6-18)17-4-3-15(10-20)11-21-17/h3-4,9,11H,5-8,12H2,1-2H3,(H,22,23,24). The molecule has 6 nitrogen and oxygen atoms in total. The lowest BCUT2D eigenvalue weighted by Gasteiger charge is -2.37. The van der Waals surface area contributed by atoms with Crippen molar-refractivity contribution in [2.45, 2.75) is 32.4 Å². The Balaban J connectivity index is 1.57. The third kappa shape index (κ3) is 4.21. The van der Waals surface area contributed by atoms with Gasteiger partial charge in [-0.1, -0.05) is 0 Å². The number of nitrogens with zero attached hydrogens (tertiary/aromatic N) is 5. The summed E-state index contributed by atoms with van der Waals surface area (Å²) in [6.07, 6.45) is 2.39. The summed E-state index contributed by atoms with van der Waals surface area (Å²) in [4.78, 5) is 14.9. The highest BCUT2D eigenvalue weighted by Gasteiger charge is 2.34. The summed E-state index contributed by atoms with van der Waals surface area (Å²) in [5, 5.41) is 11.9.